The SMILES string of the molecule is CCCNc1cccc(NC(C)c2sc(C)nc2C)n1. The zero-order valence-electron chi connectivity index (χ0n) is 12.5. The van der Waals surface area contributed by atoms with Crippen molar-refractivity contribution in [2.24, 2.45) is 0 Å². The molecule has 1 atom stereocenters. The number of anilines is 2. The molecule has 2 aromatic rings. The van der Waals surface area contributed by atoms with Gasteiger partial charge in [0.15, 0.2) is 0 Å². The van der Waals surface area contributed by atoms with Gasteiger partial charge >= 0.3 is 0 Å². The molecule has 2 rings (SSSR count). The number of thiazole rings is 1. The summed E-state index contributed by atoms with van der Waals surface area (Å²) in [7, 11) is 0. The van der Waals surface area contributed by atoms with Gasteiger partial charge in [-0.05, 0) is 39.3 Å². The van der Waals surface area contributed by atoms with Crippen LogP contribution in [-0.4, -0.2) is 16.5 Å². The van der Waals surface area contributed by atoms with Crippen LogP contribution in [0.3, 0.4) is 0 Å². The monoisotopic (exact) mass is 290 g/mol. The molecule has 4 nitrogen and oxygen atoms in total. The Bertz CT molecular complexity index is 565. The first-order chi connectivity index (χ1) is 9.60. The highest BCUT2D eigenvalue weighted by Crippen LogP contribution is 2.27. The molecule has 0 fully saturated rings. The van der Waals surface area contributed by atoms with Gasteiger partial charge in [0.05, 0.1) is 16.7 Å². The van der Waals surface area contributed by atoms with E-state index in [-0.39, 0.29) is 6.04 Å². The molecule has 0 bridgehead atoms. The van der Waals surface area contributed by atoms with Gasteiger partial charge in [-0.25, -0.2) is 9.97 Å². The Morgan fingerprint density at radius 3 is 2.60 bits per heavy atom. The van der Waals surface area contributed by atoms with Crippen LogP contribution in [0.2, 0.25) is 0 Å². The standard InChI is InChI=1S/C15H22N4S/c1-5-9-16-13-7-6-8-14(19-13)18-11(3)15-10(2)17-12(4)20-15/h6-8,11H,5,9H2,1-4H3,(H2,16,18,19). The van der Waals surface area contributed by atoms with Gasteiger partial charge < -0.3 is 10.6 Å². The fourth-order valence-electron chi connectivity index (χ4n) is 2.10. The minimum Gasteiger partial charge on any atom is -0.370 e. The second kappa shape index (κ2) is 6.70. The molecule has 5 heteroatoms. The van der Waals surface area contributed by atoms with Gasteiger partial charge in [0.1, 0.15) is 11.6 Å². The third kappa shape index (κ3) is 3.70. The first-order valence-corrected chi connectivity index (χ1v) is 7.83. The quantitative estimate of drug-likeness (QED) is 0.839. The Kier molecular flexibility index (Phi) is 4.95. The van der Waals surface area contributed by atoms with E-state index >= 15 is 0 Å². The fraction of sp³-hybridized carbons (Fsp3) is 0.467. The zero-order chi connectivity index (χ0) is 14.5. The van der Waals surface area contributed by atoms with E-state index in [1.165, 1.54) is 4.88 Å². The van der Waals surface area contributed by atoms with Crippen LogP contribution in [0.25, 0.3) is 0 Å². The van der Waals surface area contributed by atoms with Crippen LogP contribution in [0.5, 0.6) is 0 Å². The van der Waals surface area contributed by atoms with Crippen LogP contribution >= 0.6 is 11.3 Å². The average Bonchev–Trinajstić information content (AvgIpc) is 2.76. The smallest absolute Gasteiger partial charge is 0.128 e. The second-order valence-corrected chi connectivity index (χ2v) is 6.12. The molecule has 0 aliphatic heterocycles. The predicted octanol–water partition coefficient (Wildman–Crippen LogP) is 4.15. The maximum absolute atomic E-state index is 4.57. The van der Waals surface area contributed by atoms with Crippen molar-refractivity contribution >= 4 is 23.0 Å². The molecule has 1 unspecified atom stereocenters. The molecule has 2 heterocycles. The number of hydrogen-bond acceptors (Lipinski definition) is 5. The van der Waals surface area contributed by atoms with Gasteiger partial charge in [-0.2, -0.15) is 0 Å². The van der Waals surface area contributed by atoms with Crippen molar-refractivity contribution in [2.45, 2.75) is 40.2 Å². The van der Waals surface area contributed by atoms with E-state index < -0.39 is 0 Å². The van der Waals surface area contributed by atoms with Crippen LogP contribution in [0.15, 0.2) is 18.2 Å². The largest absolute Gasteiger partial charge is 0.370 e. The predicted molar refractivity (Wildman–Crippen MR) is 86.6 cm³/mol. The highest BCUT2D eigenvalue weighted by molar-refractivity contribution is 7.11. The molecule has 0 aromatic carbocycles. The van der Waals surface area contributed by atoms with E-state index in [1.807, 2.05) is 25.1 Å². The Morgan fingerprint density at radius 2 is 1.95 bits per heavy atom. The molecule has 20 heavy (non-hydrogen) atoms. The molecule has 0 saturated carbocycles. The number of nitrogens with one attached hydrogen (secondary N) is 2. The van der Waals surface area contributed by atoms with Crippen molar-refractivity contribution < 1.29 is 0 Å². The third-order valence-electron chi connectivity index (χ3n) is 3.00. The molecule has 108 valence electrons. The van der Waals surface area contributed by atoms with Crippen LogP contribution in [0.4, 0.5) is 11.6 Å². The molecule has 0 spiro atoms. The summed E-state index contributed by atoms with van der Waals surface area (Å²) in [6.07, 6.45) is 1.09. The number of nitrogens with zero attached hydrogens (tertiary/aromatic N) is 2. The molecule has 2 aromatic heterocycles. The van der Waals surface area contributed by atoms with Crippen LogP contribution < -0.4 is 10.6 Å². The van der Waals surface area contributed by atoms with Crippen molar-refractivity contribution in [3.8, 4) is 0 Å². The number of aromatic nitrogens is 2. The number of hydrogen-bond donors (Lipinski definition) is 2. The van der Waals surface area contributed by atoms with Crippen molar-refractivity contribution in [3.05, 3.63) is 33.8 Å². The number of pyridine rings is 1. The molecule has 2 N–H and O–H groups in total. The summed E-state index contributed by atoms with van der Waals surface area (Å²) in [5.74, 6) is 1.81. The summed E-state index contributed by atoms with van der Waals surface area (Å²) in [4.78, 5) is 10.3. The van der Waals surface area contributed by atoms with E-state index in [4.69, 9.17) is 0 Å². The summed E-state index contributed by atoms with van der Waals surface area (Å²) in [5, 5.41) is 7.86. The fourth-order valence-corrected chi connectivity index (χ4v) is 3.03. The molecule has 0 radical (unpaired) electrons. The van der Waals surface area contributed by atoms with Crippen molar-refractivity contribution in [1.82, 2.24) is 9.97 Å². The van der Waals surface area contributed by atoms with Crippen LogP contribution in [0, 0.1) is 13.8 Å². The van der Waals surface area contributed by atoms with Crippen LogP contribution in [-0.2, 0) is 0 Å². The highest BCUT2D eigenvalue weighted by atomic mass is 32.1. The first kappa shape index (κ1) is 14.8. The van der Waals surface area contributed by atoms with Gasteiger partial charge in [-0.3, -0.25) is 0 Å². The van der Waals surface area contributed by atoms with Crippen LogP contribution in [0.1, 0.15) is 41.9 Å². The lowest BCUT2D eigenvalue weighted by Crippen LogP contribution is -2.09. The lowest BCUT2D eigenvalue weighted by atomic mass is 10.2. The minimum absolute atomic E-state index is 0.218. The zero-order valence-corrected chi connectivity index (χ0v) is 13.3. The maximum atomic E-state index is 4.57. The normalized spacial score (nSPS) is 12.2. The Labute approximate surface area is 124 Å². The van der Waals surface area contributed by atoms with Gasteiger partial charge in [-0.15, -0.1) is 11.3 Å². The van der Waals surface area contributed by atoms with Gasteiger partial charge in [0.2, 0.25) is 0 Å². The Morgan fingerprint density at radius 1 is 1.20 bits per heavy atom. The van der Waals surface area contributed by atoms with Gasteiger partial charge in [-0.1, -0.05) is 13.0 Å². The lowest BCUT2D eigenvalue weighted by molar-refractivity contribution is 0.879. The summed E-state index contributed by atoms with van der Waals surface area (Å²) in [6, 6.07) is 6.23. The van der Waals surface area contributed by atoms with Gasteiger partial charge in [0, 0.05) is 11.4 Å². The Balaban J connectivity index is 2.07. The molecule has 0 aliphatic rings. The summed E-state index contributed by atoms with van der Waals surface area (Å²) >= 11 is 1.74. The van der Waals surface area contributed by atoms with Crippen molar-refractivity contribution in [2.75, 3.05) is 17.2 Å². The second-order valence-electron chi connectivity index (χ2n) is 4.88. The van der Waals surface area contributed by atoms with E-state index in [9.17, 15) is 0 Å². The van der Waals surface area contributed by atoms with E-state index in [0.29, 0.717) is 0 Å². The van der Waals surface area contributed by atoms with Gasteiger partial charge in [0.25, 0.3) is 0 Å². The summed E-state index contributed by atoms with van der Waals surface area (Å²) in [6.45, 7) is 9.34. The highest BCUT2D eigenvalue weighted by Gasteiger charge is 2.13. The average molecular weight is 290 g/mol. The number of rotatable bonds is 6. The third-order valence-corrected chi connectivity index (χ3v) is 4.26. The van der Waals surface area contributed by atoms with E-state index in [0.717, 1.165) is 35.3 Å². The maximum Gasteiger partial charge on any atom is 0.128 e. The molecular formula is C15H22N4S. The van der Waals surface area contributed by atoms with E-state index in [1.54, 1.807) is 11.3 Å². The molecule has 0 aliphatic carbocycles. The first-order valence-electron chi connectivity index (χ1n) is 7.01. The Hall–Kier alpha value is -1.62. The number of aryl methyl sites for hydroxylation is 2. The molecule has 0 saturated heterocycles. The van der Waals surface area contributed by atoms with Crippen molar-refractivity contribution in [1.29, 1.82) is 0 Å². The van der Waals surface area contributed by atoms with E-state index in [2.05, 4.69) is 41.4 Å². The summed E-state index contributed by atoms with van der Waals surface area (Å²) in [5.41, 5.74) is 1.10. The topological polar surface area (TPSA) is 49.8 Å². The molecular weight excluding hydrogens is 268 g/mol. The van der Waals surface area contributed by atoms with Crippen molar-refractivity contribution in [3.63, 3.8) is 0 Å². The minimum atomic E-state index is 0.218. The summed E-state index contributed by atoms with van der Waals surface area (Å²) < 4.78 is 0. The lowest BCUT2D eigenvalue weighted by Gasteiger charge is -2.14. The molecule has 0 amide bonds.